The number of nitrogens with two attached hydrogens (primary N) is 2. The first-order valence-electron chi connectivity index (χ1n) is 49.0. The number of ether oxygens (including phenoxy) is 4. The fourth-order valence-corrected chi connectivity index (χ4v) is 19.9. The number of hydrogen-bond acceptors (Lipinski definition) is 28. The zero-order chi connectivity index (χ0) is 107. The number of benzene rings is 10. The molecular weight excluding hydrogens is 2000 g/mol. The number of aromatic nitrogens is 3. The summed E-state index contributed by atoms with van der Waals surface area (Å²) in [5.41, 5.74) is 22.3. The highest BCUT2D eigenvalue weighted by Crippen LogP contribution is 2.37. The monoisotopic (exact) mass is 2130 g/mol. The van der Waals surface area contributed by atoms with Crippen LogP contribution in [0.15, 0.2) is 299 Å². The van der Waals surface area contributed by atoms with E-state index in [-0.39, 0.29) is 42.7 Å². The lowest BCUT2D eigenvalue weighted by molar-refractivity contribution is 0.0263. The van der Waals surface area contributed by atoms with Crippen LogP contribution in [0.2, 0.25) is 0 Å². The molecule has 13 aromatic rings. The number of aliphatic hydroxyl groups excluding tert-OH is 1. The first-order valence-corrected chi connectivity index (χ1v) is 54.3. The maximum absolute atomic E-state index is 12.8. The molecule has 11 N–H and O–H groups in total. The second-order valence-electron chi connectivity index (χ2n) is 39.8. The third kappa shape index (κ3) is 38.6. The van der Waals surface area contributed by atoms with Crippen molar-refractivity contribution in [3.8, 4) is 0 Å². The molecule has 0 saturated carbocycles. The van der Waals surface area contributed by atoms with Crippen LogP contribution in [0.4, 0.5) is 76.1 Å². The predicted octanol–water partition coefficient (Wildman–Crippen LogP) is 24.3. The summed E-state index contributed by atoms with van der Waals surface area (Å²) in [4.78, 5) is 108. The number of aliphatic hydroxyl groups is 1. The normalized spacial score (nSPS) is 16.3. The summed E-state index contributed by atoms with van der Waals surface area (Å²) in [7, 11) is -3.47. The number of pyridine rings is 3. The molecule has 786 valence electrons. The van der Waals surface area contributed by atoms with Crippen LogP contribution >= 0.6 is 59.5 Å². The van der Waals surface area contributed by atoms with E-state index in [4.69, 9.17) is 46.2 Å². The average molecular weight is 2140 g/mol. The van der Waals surface area contributed by atoms with E-state index in [1.54, 1.807) is 84.8 Å². The zero-order valence-electron chi connectivity index (χ0n) is 86.0. The zero-order valence-corrected chi connectivity index (χ0v) is 90.9. The van der Waals surface area contributed by atoms with Crippen LogP contribution in [0.25, 0.3) is 32.7 Å². The van der Waals surface area contributed by atoms with E-state index in [9.17, 15) is 47.1 Å². The molecule has 18 rings (SSSR count). The van der Waals surface area contributed by atoms with Gasteiger partial charge in [-0.15, -0.1) is 47.9 Å². The van der Waals surface area contributed by atoms with Gasteiger partial charge >= 0.3 is 24.4 Å². The number of nitrogens with one attached hydrogen (secondary N) is 6. The van der Waals surface area contributed by atoms with Crippen LogP contribution in [0, 0.1) is 0 Å². The largest absolute Gasteiger partial charge is 0.444 e. The molecule has 10 aromatic carbocycles. The smallest absolute Gasteiger partial charge is 0.410 e. The Bertz CT molecular complexity index is 6730. The molecule has 6 amide bonds. The van der Waals surface area contributed by atoms with Crippen molar-refractivity contribution in [1.29, 1.82) is 0 Å². The molecule has 8 heterocycles. The van der Waals surface area contributed by atoms with Crippen LogP contribution in [0.1, 0.15) is 146 Å². The number of amides is 6. The number of carbonyl (C=O) groups excluding carboxylic acids is 7. The van der Waals surface area contributed by atoms with Crippen LogP contribution in [-0.4, -0.2) is 212 Å². The van der Waals surface area contributed by atoms with E-state index in [0.29, 0.717) is 78.0 Å². The Balaban J connectivity index is 0.000000162. The highest BCUT2D eigenvalue weighted by molar-refractivity contribution is 8.00. The van der Waals surface area contributed by atoms with Gasteiger partial charge in [0, 0.05) is 196 Å². The number of nitrogens with zero attached hydrogens (tertiary/aromatic N) is 7. The minimum atomic E-state index is -3.47. The van der Waals surface area contributed by atoms with Gasteiger partial charge in [0.05, 0.1) is 41.6 Å². The van der Waals surface area contributed by atoms with Crippen molar-refractivity contribution >= 4 is 201 Å². The molecular formula is C113H132ClN15O15S5. The van der Waals surface area contributed by atoms with Crippen molar-refractivity contribution in [3.63, 3.8) is 0 Å². The molecule has 149 heavy (non-hydrogen) atoms. The summed E-state index contributed by atoms with van der Waals surface area (Å²) < 4.78 is 47.9. The van der Waals surface area contributed by atoms with Crippen LogP contribution in [0.5, 0.6) is 0 Å². The number of hydrogen-bond donors (Lipinski definition) is 10. The standard InChI is InChI=1S/C31H32N4O3S.C26H24N4OS.C16H11ClN2O.C15H22N2O2S.C10H19NO5S.C9H17NO3.C6H7NS/c1-31(2,3)38-30(37)35-19-17-25(20-35)39-24-14-12-23(13-15-24)34-29(36)21-8-10-22(11-9-21)33-28-16-18-32-27-7-5-4-6-26(27)28;31-26(30-20-9-11-21(12-10-20)32-22-13-15-27-17-22)18-5-7-19(8-6-18)29-25-14-16-28-24-4-2-1-3-23(24)25;17-16(20)11-5-7-12(8-6-11)19-15-9-10-18-14-4-2-1-3-13(14)15;1-15(2,3)19-14(18)17-9-8-13(10-17)20-12-6-4-11(16)5-7-12;1-10(2,3)15-9(12)11-6-5-8(7-11)16-17(4,13)14;1-9(2,3)13-8(12)10-5-4-7(11)6-10;7-5-1-3-6(8)4-2-5/h4-16,18,25H,17,19-20H2,1-3H3,(H,32,33)(H,34,36);1-12,14,16,22,27H,13,15,17H2,(H,28,29)(H,30,31);1-10H,(H,18,19);4-7,13H,8-10,16H2,1-3H3;8H,5-7H2,1-4H3;7,11H,4-6H2,1-3H3;1-4,8H,7H2. The first kappa shape index (κ1) is 114. The average Bonchev–Trinajstić information content (AvgIpc) is 1.76. The number of anilines is 10. The molecule has 30 nitrogen and oxygen atoms in total. The van der Waals surface area contributed by atoms with Crippen molar-refractivity contribution in [3.05, 3.63) is 296 Å². The summed E-state index contributed by atoms with van der Waals surface area (Å²) in [6.07, 6.45) is 8.55. The quantitative estimate of drug-likeness (QED) is 0.0118. The van der Waals surface area contributed by atoms with Gasteiger partial charge in [0.15, 0.2) is 0 Å². The number of thiol groups is 1. The summed E-state index contributed by atoms with van der Waals surface area (Å²) >= 11 is 14.9. The predicted molar refractivity (Wildman–Crippen MR) is 604 cm³/mol. The lowest BCUT2D eigenvalue weighted by Crippen LogP contribution is -2.36. The van der Waals surface area contributed by atoms with Crippen molar-refractivity contribution in [2.75, 3.05) is 110 Å². The summed E-state index contributed by atoms with van der Waals surface area (Å²) in [6, 6.07) is 82.8. The van der Waals surface area contributed by atoms with Gasteiger partial charge in [-0.25, -0.2) is 19.2 Å². The first-order chi connectivity index (χ1) is 70.8. The van der Waals surface area contributed by atoms with Crippen LogP contribution in [0.3, 0.4) is 0 Å². The lowest BCUT2D eigenvalue weighted by atomic mass is 10.1. The number of halogens is 1. The Morgan fingerprint density at radius 3 is 1.04 bits per heavy atom. The van der Waals surface area contributed by atoms with Crippen molar-refractivity contribution < 1.29 is 70.2 Å². The van der Waals surface area contributed by atoms with Gasteiger partial charge in [-0.1, -0.05) is 54.6 Å². The SMILES string of the molecule is CC(C)(C)OC(=O)N1CCC(O)C1.CC(C)(C)OC(=O)N1CCC(OS(C)(=O)=O)C1.CC(C)(C)OC(=O)N1CCC(Sc2ccc(N)cc2)C1.CC(C)(C)OC(=O)N1CCC(Sc2ccc(NC(=O)c3ccc(Nc4ccnc5ccccc45)cc3)cc2)C1.Nc1ccc(S)cc1.O=C(Cl)c1ccc(Nc2ccnc3ccccc23)cc1.O=C(Nc1ccc(SC2CCNC2)cc1)c1ccc(Nc2ccnc3ccccc23)cc1. The number of rotatable bonds is 19. The molecule has 5 unspecified atom stereocenters. The van der Waals surface area contributed by atoms with Gasteiger partial charge in [0.2, 0.25) is 0 Å². The van der Waals surface area contributed by atoms with E-state index >= 15 is 0 Å². The molecule has 36 heteroatoms. The number of fused-ring (bicyclic) bond motifs is 3. The summed E-state index contributed by atoms with van der Waals surface area (Å²) in [5, 5.41) is 32.8. The third-order valence-corrected chi connectivity index (χ3v) is 27.6. The topological polar surface area (TPSA) is 396 Å². The minimum Gasteiger partial charge on any atom is -0.444 e. The van der Waals surface area contributed by atoms with Crippen molar-refractivity contribution in [2.45, 2.75) is 185 Å². The number of β-amino-alcohol motifs (C(OH)–C–C–N with tert-alkyl or cyclic N) is 1. The lowest BCUT2D eigenvalue weighted by Gasteiger charge is -2.24. The van der Waals surface area contributed by atoms with Crippen molar-refractivity contribution in [2.24, 2.45) is 0 Å². The van der Waals surface area contributed by atoms with Gasteiger partial charge in [0.1, 0.15) is 22.4 Å². The number of para-hydroxylation sites is 3. The Morgan fingerprint density at radius 1 is 0.396 bits per heavy atom. The second kappa shape index (κ2) is 53.7. The Hall–Kier alpha value is -13.4. The molecule has 0 bridgehead atoms. The van der Waals surface area contributed by atoms with Gasteiger partial charge in [-0.05, 0) is 340 Å². The van der Waals surface area contributed by atoms with E-state index < -0.39 is 50.0 Å². The van der Waals surface area contributed by atoms with Crippen molar-refractivity contribution in [1.82, 2.24) is 39.9 Å². The van der Waals surface area contributed by atoms with Crippen LogP contribution < -0.4 is 43.4 Å². The van der Waals surface area contributed by atoms with E-state index in [2.05, 4.69) is 71.6 Å². The molecule has 5 aliphatic heterocycles. The highest BCUT2D eigenvalue weighted by Gasteiger charge is 2.35. The number of thioether (sulfide) groups is 3. The molecule has 5 aliphatic rings. The minimum absolute atomic E-state index is 0.119. The molecule has 0 radical (unpaired) electrons. The Labute approximate surface area is 895 Å². The van der Waals surface area contributed by atoms with Gasteiger partial charge in [-0.3, -0.25) is 33.5 Å². The van der Waals surface area contributed by atoms with E-state index in [1.807, 2.05) is 311 Å². The maximum atomic E-state index is 12.8. The Morgan fingerprint density at radius 2 is 0.711 bits per heavy atom. The summed E-state index contributed by atoms with van der Waals surface area (Å²) in [5.74, 6) is -0.286. The van der Waals surface area contributed by atoms with Gasteiger partial charge < -0.3 is 87.0 Å². The highest BCUT2D eigenvalue weighted by atomic mass is 35.5. The van der Waals surface area contributed by atoms with Gasteiger partial charge in [0.25, 0.3) is 27.2 Å². The molecule has 5 saturated heterocycles. The Kier molecular flexibility index (Phi) is 41.2. The summed E-state index contributed by atoms with van der Waals surface area (Å²) in [6.45, 7) is 28.9. The molecule has 0 spiro atoms. The van der Waals surface area contributed by atoms with Crippen LogP contribution in [-0.2, 0) is 33.2 Å². The van der Waals surface area contributed by atoms with Gasteiger partial charge in [-0.2, -0.15) is 8.42 Å². The fourth-order valence-electron chi connectivity index (χ4n) is 15.6. The number of likely N-dealkylation sites (tertiary alicyclic amines) is 4. The maximum Gasteiger partial charge on any atom is 0.410 e. The number of carbonyl (C=O) groups is 7. The molecule has 5 fully saturated rings. The molecule has 3 aromatic heterocycles. The van der Waals surface area contributed by atoms with E-state index in [0.717, 1.165) is 145 Å². The number of nitrogen functional groups attached to an aromatic ring is 2. The molecule has 0 aliphatic carbocycles. The van der Waals surface area contributed by atoms with E-state index in [1.165, 1.54) is 26.0 Å². The fraction of sp³-hybridized carbons (Fsp3) is 0.327. The second-order valence-corrected chi connectivity index (χ2v) is 46.4. The molecule has 5 atom stereocenters. The third-order valence-electron chi connectivity index (χ3n) is 22.6.